The van der Waals surface area contributed by atoms with Crippen molar-refractivity contribution < 1.29 is 13.2 Å². The maximum atomic E-state index is 13.0. The van der Waals surface area contributed by atoms with Crippen LogP contribution in [0.1, 0.15) is 10.4 Å². The van der Waals surface area contributed by atoms with Gasteiger partial charge in [-0.05, 0) is 55.6 Å². The maximum Gasteiger partial charge on any atom is 0.258 e. The Balaban J connectivity index is 1.40. The first-order valence-electron chi connectivity index (χ1n) is 11.3. The molecule has 0 radical (unpaired) electrons. The largest absolute Gasteiger partial charge is 0.398 e. The number of sulfone groups is 1. The van der Waals surface area contributed by atoms with Crippen LogP contribution < -0.4 is 16.0 Å². The summed E-state index contributed by atoms with van der Waals surface area (Å²) in [6.07, 6.45) is 0. The number of H-pyrrole nitrogens is 1. The van der Waals surface area contributed by atoms with E-state index in [-0.39, 0.29) is 15.6 Å². The number of nitrogen functional groups attached to an aromatic ring is 1. The second-order valence-corrected chi connectivity index (χ2v) is 10.6. The Morgan fingerprint density at radius 3 is 2.43 bits per heavy atom. The van der Waals surface area contributed by atoms with Gasteiger partial charge >= 0.3 is 0 Å². The molecule has 0 unspecified atom stereocenters. The van der Waals surface area contributed by atoms with E-state index in [9.17, 15) is 13.2 Å². The topological polar surface area (TPSA) is 124 Å². The van der Waals surface area contributed by atoms with E-state index < -0.39 is 15.7 Å². The molecule has 4 aromatic rings. The molecule has 1 aliphatic rings. The minimum atomic E-state index is -3.71. The van der Waals surface area contributed by atoms with Gasteiger partial charge in [-0.2, -0.15) is 5.10 Å². The van der Waals surface area contributed by atoms with Crippen LogP contribution in [-0.2, 0) is 9.84 Å². The van der Waals surface area contributed by atoms with Crippen LogP contribution in [0.5, 0.6) is 0 Å². The number of likely N-dealkylation sites (N-methyl/N-ethyl adjacent to an activating group) is 1. The second kappa shape index (κ2) is 9.05. The molecule has 1 saturated heterocycles. The van der Waals surface area contributed by atoms with Gasteiger partial charge < -0.3 is 20.9 Å². The van der Waals surface area contributed by atoms with Gasteiger partial charge in [0, 0.05) is 42.9 Å². The molecule has 0 spiro atoms. The quantitative estimate of drug-likeness (QED) is 0.367. The molecule has 0 saturated carbocycles. The Labute approximate surface area is 203 Å². The second-order valence-electron chi connectivity index (χ2n) is 8.61. The molecule has 9 nitrogen and oxygen atoms in total. The zero-order valence-electron chi connectivity index (χ0n) is 19.2. The van der Waals surface area contributed by atoms with Gasteiger partial charge in [-0.3, -0.25) is 9.89 Å². The average Bonchev–Trinajstić information content (AvgIpc) is 3.26. The smallest absolute Gasteiger partial charge is 0.258 e. The van der Waals surface area contributed by atoms with Gasteiger partial charge in [0.2, 0.25) is 9.84 Å². The number of benzene rings is 3. The highest BCUT2D eigenvalue weighted by Crippen LogP contribution is 2.29. The lowest BCUT2D eigenvalue weighted by atomic mass is 10.1. The van der Waals surface area contributed by atoms with Gasteiger partial charge in [0.15, 0.2) is 5.82 Å². The molecular formula is C25H26N6O3S. The van der Waals surface area contributed by atoms with Crippen molar-refractivity contribution in [3.8, 4) is 0 Å². The molecule has 0 aliphatic carbocycles. The van der Waals surface area contributed by atoms with Crippen molar-refractivity contribution in [2.24, 2.45) is 0 Å². The van der Waals surface area contributed by atoms with E-state index in [2.05, 4.69) is 32.4 Å². The normalized spacial score (nSPS) is 14.8. The van der Waals surface area contributed by atoms with Crippen molar-refractivity contribution in [2.45, 2.75) is 9.79 Å². The van der Waals surface area contributed by atoms with E-state index in [1.807, 2.05) is 12.1 Å². The third kappa shape index (κ3) is 4.45. The Morgan fingerprint density at radius 2 is 1.71 bits per heavy atom. The number of rotatable bonds is 5. The Morgan fingerprint density at radius 1 is 0.971 bits per heavy atom. The van der Waals surface area contributed by atoms with Crippen molar-refractivity contribution in [1.29, 1.82) is 0 Å². The number of carbonyl (C=O) groups excluding carboxylic acids is 1. The Bertz CT molecular complexity index is 1490. The first kappa shape index (κ1) is 22.9. The van der Waals surface area contributed by atoms with Crippen LogP contribution in [0.2, 0.25) is 0 Å². The number of anilines is 3. The number of nitrogens with two attached hydrogens (primary N) is 1. The molecule has 4 N–H and O–H groups in total. The monoisotopic (exact) mass is 490 g/mol. The highest BCUT2D eigenvalue weighted by atomic mass is 32.2. The van der Waals surface area contributed by atoms with Crippen LogP contribution in [0.15, 0.2) is 76.5 Å². The lowest BCUT2D eigenvalue weighted by molar-refractivity contribution is 0.102. The zero-order valence-corrected chi connectivity index (χ0v) is 20.0. The molecule has 2 heterocycles. The summed E-state index contributed by atoms with van der Waals surface area (Å²) in [6.45, 7) is 3.73. The highest BCUT2D eigenvalue weighted by Gasteiger charge is 2.21. The van der Waals surface area contributed by atoms with Gasteiger partial charge in [0.05, 0.1) is 20.9 Å². The lowest BCUT2D eigenvalue weighted by Gasteiger charge is -2.34. The van der Waals surface area contributed by atoms with Crippen LogP contribution >= 0.6 is 0 Å². The summed E-state index contributed by atoms with van der Waals surface area (Å²) < 4.78 is 26.1. The van der Waals surface area contributed by atoms with Crippen LogP contribution in [0.3, 0.4) is 0 Å². The summed E-state index contributed by atoms with van der Waals surface area (Å²) in [5, 5.41) is 10.3. The summed E-state index contributed by atoms with van der Waals surface area (Å²) in [7, 11) is -1.62. The number of nitrogens with zero attached hydrogens (tertiary/aromatic N) is 3. The molecule has 35 heavy (non-hydrogen) atoms. The van der Waals surface area contributed by atoms with Crippen molar-refractivity contribution >= 4 is 43.8 Å². The molecule has 10 heteroatoms. The number of amides is 1. The number of carbonyl (C=O) groups is 1. The number of piperazine rings is 1. The van der Waals surface area contributed by atoms with Crippen LogP contribution in [-0.4, -0.2) is 62.6 Å². The molecule has 1 fully saturated rings. The predicted molar refractivity (Wildman–Crippen MR) is 137 cm³/mol. The fraction of sp³-hybridized carbons (Fsp3) is 0.200. The maximum absolute atomic E-state index is 13.0. The fourth-order valence-electron chi connectivity index (χ4n) is 4.18. The Kier molecular flexibility index (Phi) is 5.91. The standard InChI is InChI=1S/C25H26N6O3S/c1-30-11-13-31(14-12-30)17-7-9-20(22(26)15-17)25(32)27-24-21-16-19(8-10-23(21)28-29-24)35(33,34)18-5-3-2-4-6-18/h2-10,15-16H,11-14,26H2,1H3,(H2,27,28,29,32). The lowest BCUT2D eigenvalue weighted by Crippen LogP contribution is -2.44. The summed E-state index contributed by atoms with van der Waals surface area (Å²) >= 11 is 0. The van der Waals surface area contributed by atoms with Gasteiger partial charge in [-0.15, -0.1) is 0 Å². The van der Waals surface area contributed by atoms with Crippen LogP contribution in [0.4, 0.5) is 17.2 Å². The van der Waals surface area contributed by atoms with Crippen LogP contribution in [0.25, 0.3) is 10.9 Å². The molecule has 0 atom stereocenters. The van der Waals surface area contributed by atoms with Gasteiger partial charge in [-0.1, -0.05) is 18.2 Å². The summed E-state index contributed by atoms with van der Waals surface area (Å²) in [5.74, 6) is -0.185. The molecular weight excluding hydrogens is 464 g/mol. The van der Waals surface area contributed by atoms with Gasteiger partial charge in [0.1, 0.15) is 0 Å². The van der Waals surface area contributed by atoms with E-state index in [0.29, 0.717) is 22.2 Å². The minimum Gasteiger partial charge on any atom is -0.398 e. The van der Waals surface area contributed by atoms with E-state index in [0.717, 1.165) is 31.9 Å². The minimum absolute atomic E-state index is 0.115. The van der Waals surface area contributed by atoms with Crippen molar-refractivity contribution in [3.63, 3.8) is 0 Å². The van der Waals surface area contributed by atoms with E-state index in [1.54, 1.807) is 42.5 Å². The molecule has 3 aromatic carbocycles. The predicted octanol–water partition coefficient (Wildman–Crippen LogP) is 2.98. The summed E-state index contributed by atoms with van der Waals surface area (Å²) in [4.78, 5) is 17.9. The molecule has 5 rings (SSSR count). The van der Waals surface area contributed by atoms with Gasteiger partial charge in [-0.25, -0.2) is 8.42 Å². The molecule has 1 aliphatic heterocycles. The number of hydrogen-bond acceptors (Lipinski definition) is 7. The third-order valence-corrected chi connectivity index (χ3v) is 8.05. The molecule has 0 bridgehead atoms. The van der Waals surface area contributed by atoms with Crippen molar-refractivity contribution in [1.82, 2.24) is 15.1 Å². The fourth-order valence-corrected chi connectivity index (χ4v) is 5.49. The molecule has 1 aromatic heterocycles. The number of nitrogens with one attached hydrogen (secondary N) is 2. The van der Waals surface area contributed by atoms with Crippen molar-refractivity contribution in [3.05, 3.63) is 72.3 Å². The molecule has 1 amide bonds. The Hall–Kier alpha value is -3.89. The summed E-state index contributed by atoms with van der Waals surface area (Å²) in [6, 6.07) is 18.3. The summed E-state index contributed by atoms with van der Waals surface area (Å²) in [5.41, 5.74) is 8.51. The number of fused-ring (bicyclic) bond motifs is 1. The number of hydrogen-bond donors (Lipinski definition) is 3. The molecule has 180 valence electrons. The number of aromatic nitrogens is 2. The van der Waals surface area contributed by atoms with E-state index in [1.165, 1.54) is 12.1 Å². The number of aromatic amines is 1. The van der Waals surface area contributed by atoms with Gasteiger partial charge in [0.25, 0.3) is 5.91 Å². The average molecular weight is 491 g/mol. The third-order valence-electron chi connectivity index (χ3n) is 6.28. The first-order chi connectivity index (χ1) is 16.8. The van der Waals surface area contributed by atoms with Crippen LogP contribution in [0, 0.1) is 0 Å². The highest BCUT2D eigenvalue weighted by molar-refractivity contribution is 7.91. The first-order valence-corrected chi connectivity index (χ1v) is 12.7. The van der Waals surface area contributed by atoms with Crippen molar-refractivity contribution in [2.75, 3.05) is 49.2 Å². The SMILES string of the molecule is CN1CCN(c2ccc(C(=O)Nc3n[nH]c4ccc(S(=O)(=O)c5ccccc5)cc34)c(N)c2)CC1. The van der Waals surface area contributed by atoms with E-state index >= 15 is 0 Å². The van der Waals surface area contributed by atoms with E-state index in [4.69, 9.17) is 5.73 Å². The zero-order chi connectivity index (χ0) is 24.6.